The van der Waals surface area contributed by atoms with Crippen LogP contribution in [0.25, 0.3) is 0 Å². The quantitative estimate of drug-likeness (QED) is 0.550. The van der Waals surface area contributed by atoms with Gasteiger partial charge in [-0.2, -0.15) is 0 Å². The zero-order valence-electron chi connectivity index (χ0n) is 19.3. The lowest BCUT2D eigenvalue weighted by atomic mass is 9.46. The van der Waals surface area contributed by atoms with Crippen LogP contribution in [-0.4, -0.2) is 17.0 Å². The topological polar surface area (TPSA) is 37.3 Å². The van der Waals surface area contributed by atoms with E-state index in [0.717, 1.165) is 30.6 Å². The van der Waals surface area contributed by atoms with E-state index in [2.05, 4.69) is 46.8 Å². The molecule has 2 nitrogen and oxygen atoms in total. The number of Topliss-reactive ketones (excluding diaryl/α,β-unsaturated/α-hetero) is 1. The molecule has 162 valence electrons. The van der Waals surface area contributed by atoms with Crippen molar-refractivity contribution in [3.63, 3.8) is 0 Å². The second-order valence-electron chi connectivity index (χ2n) is 11.6. The summed E-state index contributed by atoms with van der Waals surface area (Å²) in [6, 6.07) is 0. The van der Waals surface area contributed by atoms with Gasteiger partial charge in [0.1, 0.15) is 5.78 Å². The van der Waals surface area contributed by atoms with Gasteiger partial charge in [-0.3, -0.25) is 4.79 Å². The summed E-state index contributed by atoms with van der Waals surface area (Å²) in [4.78, 5) is 13.1. The number of aliphatic hydroxyl groups excluding tert-OH is 1. The van der Waals surface area contributed by atoms with Gasteiger partial charge in [0, 0.05) is 6.42 Å². The molecule has 4 rings (SSSR count). The van der Waals surface area contributed by atoms with E-state index < -0.39 is 6.10 Å². The Morgan fingerprint density at radius 3 is 2.69 bits per heavy atom. The molecule has 0 aliphatic heterocycles. The number of allylic oxidation sites excluding steroid dienone is 3. The summed E-state index contributed by atoms with van der Waals surface area (Å²) in [6.07, 6.45) is 14.3. The molecule has 4 aliphatic carbocycles. The maximum atomic E-state index is 13.1. The molecule has 0 bridgehead atoms. The molecule has 0 aromatic rings. The third-order valence-corrected chi connectivity index (χ3v) is 9.87. The molecule has 0 spiro atoms. The largest absolute Gasteiger partial charge is 0.392 e. The Bertz CT molecular complexity index is 714. The molecule has 0 radical (unpaired) electrons. The maximum absolute atomic E-state index is 13.1. The first-order valence-corrected chi connectivity index (χ1v) is 12.2. The Kier molecular flexibility index (Phi) is 5.64. The van der Waals surface area contributed by atoms with Crippen LogP contribution in [0.2, 0.25) is 0 Å². The molecule has 4 aliphatic rings. The smallest absolute Gasteiger partial charge is 0.145 e. The zero-order chi connectivity index (χ0) is 21.0. The van der Waals surface area contributed by atoms with Crippen molar-refractivity contribution in [3.8, 4) is 0 Å². The molecule has 3 fully saturated rings. The van der Waals surface area contributed by atoms with E-state index in [0.29, 0.717) is 29.5 Å². The average molecular weight is 399 g/mol. The molecular weight excluding hydrogens is 356 g/mol. The van der Waals surface area contributed by atoms with Gasteiger partial charge in [-0.05, 0) is 107 Å². The number of rotatable bonds is 4. The van der Waals surface area contributed by atoms with Gasteiger partial charge in [-0.25, -0.2) is 0 Å². The summed E-state index contributed by atoms with van der Waals surface area (Å²) in [5.74, 6) is 3.86. The van der Waals surface area contributed by atoms with Crippen LogP contribution in [0.5, 0.6) is 0 Å². The normalized spacial score (nSPS) is 45.0. The predicted octanol–water partition coefficient (Wildman–Crippen LogP) is 6.49. The highest BCUT2D eigenvalue weighted by Gasteiger charge is 2.60. The molecule has 0 heterocycles. The van der Waals surface area contributed by atoms with Crippen molar-refractivity contribution in [2.75, 3.05) is 0 Å². The highest BCUT2D eigenvalue weighted by atomic mass is 16.3. The molecule has 8 atom stereocenters. The van der Waals surface area contributed by atoms with Crippen molar-refractivity contribution in [2.24, 2.45) is 40.4 Å². The Labute approximate surface area is 178 Å². The van der Waals surface area contributed by atoms with Crippen molar-refractivity contribution in [2.45, 2.75) is 98.5 Å². The molecule has 0 aromatic carbocycles. The van der Waals surface area contributed by atoms with Crippen LogP contribution in [0.3, 0.4) is 0 Å². The lowest BCUT2D eigenvalue weighted by Gasteiger charge is -2.57. The van der Waals surface area contributed by atoms with Crippen molar-refractivity contribution < 1.29 is 9.90 Å². The maximum Gasteiger partial charge on any atom is 0.145 e. The molecule has 1 N–H and O–H groups in total. The molecule has 0 saturated heterocycles. The first kappa shape index (κ1) is 21.3. The Balaban J connectivity index is 1.55. The molecular formula is C27H42O2. The van der Waals surface area contributed by atoms with E-state index in [-0.39, 0.29) is 5.41 Å². The summed E-state index contributed by atoms with van der Waals surface area (Å²) in [7, 11) is 0. The van der Waals surface area contributed by atoms with Crippen LogP contribution in [0.15, 0.2) is 23.3 Å². The van der Waals surface area contributed by atoms with Gasteiger partial charge in [-0.1, -0.05) is 37.1 Å². The van der Waals surface area contributed by atoms with Crippen LogP contribution in [0.4, 0.5) is 0 Å². The number of fused-ring (bicyclic) bond motifs is 5. The van der Waals surface area contributed by atoms with E-state index in [9.17, 15) is 9.90 Å². The van der Waals surface area contributed by atoms with Crippen molar-refractivity contribution >= 4 is 5.78 Å². The fourth-order valence-electron chi connectivity index (χ4n) is 8.31. The number of aliphatic hydroxyl groups is 1. The lowest BCUT2D eigenvalue weighted by Crippen LogP contribution is -2.54. The summed E-state index contributed by atoms with van der Waals surface area (Å²) in [6.45, 7) is 11.7. The Hall–Kier alpha value is -0.890. The third kappa shape index (κ3) is 3.38. The molecule has 29 heavy (non-hydrogen) atoms. The van der Waals surface area contributed by atoms with Crippen LogP contribution in [0, 0.1) is 40.4 Å². The minimum absolute atomic E-state index is 0.295. The van der Waals surface area contributed by atoms with E-state index in [1.165, 1.54) is 49.7 Å². The second kappa shape index (κ2) is 7.66. The minimum atomic E-state index is -0.454. The van der Waals surface area contributed by atoms with E-state index in [1.807, 2.05) is 0 Å². The van der Waals surface area contributed by atoms with Gasteiger partial charge in [0.15, 0.2) is 0 Å². The highest BCUT2D eigenvalue weighted by molar-refractivity contribution is 5.90. The summed E-state index contributed by atoms with van der Waals surface area (Å²) in [5.41, 5.74) is 2.85. The summed E-state index contributed by atoms with van der Waals surface area (Å²) < 4.78 is 0. The fourth-order valence-corrected chi connectivity index (χ4v) is 8.31. The van der Waals surface area contributed by atoms with Crippen molar-refractivity contribution in [1.29, 1.82) is 0 Å². The van der Waals surface area contributed by atoms with Crippen molar-refractivity contribution in [1.82, 2.24) is 0 Å². The van der Waals surface area contributed by atoms with Gasteiger partial charge in [0.05, 0.1) is 11.5 Å². The molecule has 2 heteroatoms. The monoisotopic (exact) mass is 398 g/mol. The first-order valence-electron chi connectivity index (χ1n) is 12.2. The van der Waals surface area contributed by atoms with Gasteiger partial charge in [-0.15, -0.1) is 0 Å². The van der Waals surface area contributed by atoms with Gasteiger partial charge in [0.25, 0.3) is 0 Å². The summed E-state index contributed by atoms with van der Waals surface area (Å²) >= 11 is 0. The Morgan fingerprint density at radius 2 is 1.97 bits per heavy atom. The van der Waals surface area contributed by atoms with E-state index in [1.54, 1.807) is 0 Å². The van der Waals surface area contributed by atoms with E-state index >= 15 is 0 Å². The highest BCUT2D eigenvalue weighted by Crippen LogP contribution is 2.66. The average Bonchev–Trinajstić information content (AvgIpc) is 3.00. The standard InChI is InChI=1S/C27H42O2/c1-17(2)7-6-8-18(3)22-11-12-23-21-10-9-19-15-20(28)16-25(29)27(19,5)24(21)13-14-26(22,23)4/h7,9,18,20-24,28H,6,8,10-16H2,1-5H3/t18-,20-,21+,22-,23+,24+,26-,27+/m1/s1. The van der Waals surface area contributed by atoms with Crippen LogP contribution < -0.4 is 0 Å². The number of hydrogen-bond acceptors (Lipinski definition) is 2. The molecule has 0 unspecified atom stereocenters. The van der Waals surface area contributed by atoms with Gasteiger partial charge >= 0.3 is 0 Å². The predicted molar refractivity (Wildman–Crippen MR) is 119 cm³/mol. The van der Waals surface area contributed by atoms with Crippen molar-refractivity contribution in [3.05, 3.63) is 23.3 Å². The Morgan fingerprint density at radius 1 is 1.21 bits per heavy atom. The SMILES string of the molecule is CC(C)=CCC[C@@H](C)[C@H]1CC[C@H]2[C@@H]3CC=C4C[C@@H](O)CC(=O)[C@]4(C)[C@H]3CC[C@]12C. The minimum Gasteiger partial charge on any atom is -0.392 e. The van der Waals surface area contributed by atoms with Crippen LogP contribution >= 0.6 is 0 Å². The van der Waals surface area contributed by atoms with Crippen LogP contribution in [-0.2, 0) is 4.79 Å². The van der Waals surface area contributed by atoms with E-state index in [4.69, 9.17) is 0 Å². The molecule has 0 amide bonds. The third-order valence-electron chi connectivity index (χ3n) is 9.87. The van der Waals surface area contributed by atoms with Gasteiger partial charge < -0.3 is 5.11 Å². The zero-order valence-corrected chi connectivity index (χ0v) is 19.3. The first-order chi connectivity index (χ1) is 13.7. The molecule has 3 saturated carbocycles. The van der Waals surface area contributed by atoms with Crippen LogP contribution in [0.1, 0.15) is 92.4 Å². The molecule has 0 aromatic heterocycles. The fraction of sp³-hybridized carbons (Fsp3) is 0.815. The lowest BCUT2D eigenvalue weighted by molar-refractivity contribution is -0.140. The number of carbonyl (C=O) groups excluding carboxylic acids is 1. The number of ketones is 1. The number of hydrogen-bond donors (Lipinski definition) is 1. The summed E-state index contributed by atoms with van der Waals surface area (Å²) in [5, 5.41) is 10.2. The number of carbonyl (C=O) groups is 1. The second-order valence-corrected chi connectivity index (χ2v) is 11.6. The van der Waals surface area contributed by atoms with Gasteiger partial charge in [0.2, 0.25) is 0 Å².